The zero-order chi connectivity index (χ0) is 14.5. The van der Waals surface area contributed by atoms with E-state index in [1.54, 1.807) is 12.1 Å². The van der Waals surface area contributed by atoms with Crippen LogP contribution in [0, 0.1) is 0 Å². The van der Waals surface area contributed by atoms with Crippen molar-refractivity contribution in [2.75, 3.05) is 23.3 Å². The Bertz CT molecular complexity index is 413. The summed E-state index contributed by atoms with van der Waals surface area (Å²) in [7, 11) is 0. The summed E-state index contributed by atoms with van der Waals surface area (Å²) in [5, 5.41) is 2.79. The SMILES string of the molecule is CC(C)Oc1nc(NCCSC(F)(F)F)ccc1N. The third-order valence-corrected chi connectivity index (χ3v) is 2.65. The molecule has 0 atom stereocenters. The molecule has 3 N–H and O–H groups in total. The van der Waals surface area contributed by atoms with Crippen LogP contribution in [0.2, 0.25) is 0 Å². The van der Waals surface area contributed by atoms with E-state index in [1.165, 1.54) is 0 Å². The van der Waals surface area contributed by atoms with Gasteiger partial charge in [-0.05, 0) is 37.7 Å². The van der Waals surface area contributed by atoms with E-state index in [9.17, 15) is 13.2 Å². The maximum absolute atomic E-state index is 11.9. The summed E-state index contributed by atoms with van der Waals surface area (Å²) in [4.78, 5) is 4.10. The van der Waals surface area contributed by atoms with Gasteiger partial charge in [0.25, 0.3) is 0 Å². The highest BCUT2D eigenvalue weighted by Gasteiger charge is 2.27. The van der Waals surface area contributed by atoms with Gasteiger partial charge in [-0.15, -0.1) is 0 Å². The fourth-order valence-electron chi connectivity index (χ4n) is 1.21. The maximum atomic E-state index is 11.9. The Morgan fingerprint density at radius 1 is 1.42 bits per heavy atom. The van der Waals surface area contributed by atoms with Crippen molar-refractivity contribution in [1.29, 1.82) is 0 Å². The minimum Gasteiger partial charge on any atom is -0.473 e. The number of nitrogen functional groups attached to an aromatic ring is 1. The number of rotatable bonds is 6. The number of hydrogen-bond acceptors (Lipinski definition) is 5. The smallest absolute Gasteiger partial charge is 0.441 e. The Balaban J connectivity index is 2.50. The maximum Gasteiger partial charge on any atom is 0.441 e. The van der Waals surface area contributed by atoms with Crippen molar-refractivity contribution in [2.45, 2.75) is 25.5 Å². The van der Waals surface area contributed by atoms with Crippen molar-refractivity contribution < 1.29 is 17.9 Å². The van der Waals surface area contributed by atoms with Gasteiger partial charge < -0.3 is 15.8 Å². The minimum atomic E-state index is -4.21. The highest BCUT2D eigenvalue weighted by molar-refractivity contribution is 8.00. The quantitative estimate of drug-likeness (QED) is 0.790. The summed E-state index contributed by atoms with van der Waals surface area (Å²) in [6.07, 6.45) is -0.0779. The van der Waals surface area contributed by atoms with Gasteiger partial charge in [0.15, 0.2) is 0 Å². The van der Waals surface area contributed by atoms with Gasteiger partial charge in [-0.25, -0.2) is 0 Å². The molecular formula is C11H16F3N3OS. The van der Waals surface area contributed by atoms with Crippen LogP contribution in [0.15, 0.2) is 12.1 Å². The van der Waals surface area contributed by atoms with Gasteiger partial charge in [0, 0.05) is 12.3 Å². The Kier molecular flexibility index (Phi) is 5.59. The van der Waals surface area contributed by atoms with E-state index in [4.69, 9.17) is 10.5 Å². The minimum absolute atomic E-state index is 0.0754. The molecule has 0 bridgehead atoms. The normalized spacial score (nSPS) is 11.7. The summed E-state index contributed by atoms with van der Waals surface area (Å²) >= 11 is -0.0754. The number of thioether (sulfide) groups is 1. The van der Waals surface area contributed by atoms with E-state index in [1.807, 2.05) is 13.8 Å². The first-order valence-electron chi connectivity index (χ1n) is 5.65. The number of aromatic nitrogens is 1. The van der Waals surface area contributed by atoms with Crippen molar-refractivity contribution in [2.24, 2.45) is 0 Å². The second-order valence-corrected chi connectivity index (χ2v) is 5.14. The number of ether oxygens (including phenoxy) is 1. The lowest BCUT2D eigenvalue weighted by atomic mass is 10.4. The summed E-state index contributed by atoms with van der Waals surface area (Å²) in [5.41, 5.74) is 1.87. The number of alkyl halides is 3. The standard InChI is InChI=1S/C11H16F3N3OS/c1-7(2)18-10-8(15)3-4-9(17-10)16-5-6-19-11(12,13)14/h3-4,7H,5-6,15H2,1-2H3,(H,16,17). The summed E-state index contributed by atoms with van der Waals surface area (Å²) in [6, 6.07) is 3.20. The highest BCUT2D eigenvalue weighted by Crippen LogP contribution is 2.29. The molecule has 19 heavy (non-hydrogen) atoms. The molecule has 0 amide bonds. The molecule has 4 nitrogen and oxygen atoms in total. The van der Waals surface area contributed by atoms with Crippen molar-refractivity contribution in [1.82, 2.24) is 4.98 Å². The number of nitrogens with zero attached hydrogens (tertiary/aromatic N) is 1. The third-order valence-electron chi connectivity index (χ3n) is 1.91. The highest BCUT2D eigenvalue weighted by atomic mass is 32.2. The van der Waals surface area contributed by atoms with Crippen LogP contribution < -0.4 is 15.8 Å². The van der Waals surface area contributed by atoms with Crippen LogP contribution in [0.1, 0.15) is 13.8 Å². The lowest BCUT2D eigenvalue weighted by Crippen LogP contribution is -2.12. The predicted molar refractivity (Wildman–Crippen MR) is 71.4 cm³/mol. The molecule has 0 aliphatic heterocycles. The second kappa shape index (κ2) is 6.74. The first-order valence-corrected chi connectivity index (χ1v) is 6.64. The van der Waals surface area contributed by atoms with Crippen LogP contribution in [-0.4, -0.2) is 28.9 Å². The molecular weight excluding hydrogens is 279 g/mol. The fourth-order valence-corrected chi connectivity index (χ4v) is 1.65. The Morgan fingerprint density at radius 3 is 2.68 bits per heavy atom. The van der Waals surface area contributed by atoms with E-state index in [0.717, 1.165) is 0 Å². The van der Waals surface area contributed by atoms with Crippen molar-refractivity contribution in [3.63, 3.8) is 0 Å². The van der Waals surface area contributed by atoms with E-state index < -0.39 is 5.51 Å². The Hall–Kier alpha value is -1.31. The molecule has 108 valence electrons. The number of hydrogen-bond donors (Lipinski definition) is 2. The van der Waals surface area contributed by atoms with Gasteiger partial charge in [0.2, 0.25) is 5.88 Å². The number of halogens is 3. The fraction of sp³-hybridized carbons (Fsp3) is 0.545. The van der Waals surface area contributed by atoms with E-state index >= 15 is 0 Å². The van der Waals surface area contributed by atoms with Crippen LogP contribution in [0.4, 0.5) is 24.7 Å². The van der Waals surface area contributed by atoms with Crippen LogP contribution in [0.5, 0.6) is 5.88 Å². The van der Waals surface area contributed by atoms with E-state index in [-0.39, 0.29) is 36.0 Å². The largest absolute Gasteiger partial charge is 0.473 e. The molecule has 0 saturated heterocycles. The van der Waals surface area contributed by atoms with Gasteiger partial charge in [-0.3, -0.25) is 0 Å². The summed E-state index contributed by atoms with van der Waals surface area (Å²) in [5.74, 6) is 0.631. The average molecular weight is 295 g/mol. The number of nitrogens with two attached hydrogens (primary N) is 1. The molecule has 0 unspecified atom stereocenters. The molecule has 0 fully saturated rings. The number of pyridine rings is 1. The lowest BCUT2D eigenvalue weighted by molar-refractivity contribution is -0.0327. The van der Waals surface area contributed by atoms with Gasteiger partial charge in [-0.1, -0.05) is 0 Å². The van der Waals surface area contributed by atoms with E-state index in [0.29, 0.717) is 11.5 Å². The molecule has 0 aromatic carbocycles. The predicted octanol–water partition coefficient (Wildman–Crippen LogP) is 3.12. The zero-order valence-corrected chi connectivity index (χ0v) is 11.4. The molecule has 0 aliphatic rings. The second-order valence-electron chi connectivity index (χ2n) is 3.98. The first-order chi connectivity index (χ1) is 8.78. The van der Waals surface area contributed by atoms with Crippen molar-refractivity contribution in [3.8, 4) is 5.88 Å². The Labute approximate surface area is 113 Å². The van der Waals surface area contributed by atoms with Gasteiger partial charge >= 0.3 is 5.51 Å². The number of nitrogens with one attached hydrogen (secondary N) is 1. The van der Waals surface area contributed by atoms with Crippen LogP contribution in [0.25, 0.3) is 0 Å². The monoisotopic (exact) mass is 295 g/mol. The lowest BCUT2D eigenvalue weighted by Gasteiger charge is -2.13. The van der Waals surface area contributed by atoms with Crippen LogP contribution >= 0.6 is 11.8 Å². The van der Waals surface area contributed by atoms with Crippen molar-refractivity contribution in [3.05, 3.63) is 12.1 Å². The molecule has 1 aromatic heterocycles. The molecule has 0 saturated carbocycles. The number of anilines is 2. The molecule has 1 heterocycles. The Morgan fingerprint density at radius 2 is 2.11 bits per heavy atom. The third kappa shape index (κ3) is 6.42. The van der Waals surface area contributed by atoms with E-state index in [2.05, 4.69) is 10.3 Å². The summed E-state index contributed by atoms with van der Waals surface area (Å²) in [6.45, 7) is 3.82. The van der Waals surface area contributed by atoms with Crippen LogP contribution in [-0.2, 0) is 0 Å². The molecule has 0 spiro atoms. The molecule has 0 radical (unpaired) electrons. The molecule has 1 aromatic rings. The van der Waals surface area contributed by atoms with Gasteiger partial charge in [0.05, 0.1) is 11.8 Å². The van der Waals surface area contributed by atoms with Gasteiger partial charge in [0.1, 0.15) is 5.82 Å². The van der Waals surface area contributed by atoms with Crippen LogP contribution in [0.3, 0.4) is 0 Å². The molecule has 0 aliphatic carbocycles. The summed E-state index contributed by atoms with van der Waals surface area (Å²) < 4.78 is 41.2. The first kappa shape index (κ1) is 15.7. The zero-order valence-electron chi connectivity index (χ0n) is 10.6. The van der Waals surface area contributed by atoms with Crippen molar-refractivity contribution >= 4 is 23.3 Å². The topological polar surface area (TPSA) is 60.2 Å². The average Bonchev–Trinajstić information content (AvgIpc) is 2.26. The molecule has 1 rings (SSSR count). The van der Waals surface area contributed by atoms with Gasteiger partial charge in [-0.2, -0.15) is 18.2 Å². The molecule has 8 heteroatoms.